The van der Waals surface area contributed by atoms with Gasteiger partial charge < -0.3 is 0 Å². The van der Waals surface area contributed by atoms with Gasteiger partial charge in [-0.1, -0.05) is 54.2 Å². The lowest BCUT2D eigenvalue weighted by Gasteiger charge is -2.13. The molecule has 0 unspecified atom stereocenters. The van der Waals surface area contributed by atoms with Crippen molar-refractivity contribution in [1.29, 1.82) is 5.26 Å². The predicted molar refractivity (Wildman–Crippen MR) is 122 cm³/mol. The molecule has 4 rings (SSSR count). The quantitative estimate of drug-likeness (QED) is 0.192. The van der Waals surface area contributed by atoms with Crippen molar-refractivity contribution in [3.05, 3.63) is 106 Å². The standard InChI is InChI=1S/C25H14FN3O3S/c26-19-8-6-16(7-9-19)21-13-23(17-4-2-1-3-5-17)28-25(22(21)14-27)33-24-11-10-20(29(31)32)12-18(24)15-30/h1-13,15H. The Balaban J connectivity index is 1.91. The van der Waals surface area contributed by atoms with Crippen LogP contribution in [0.1, 0.15) is 15.9 Å². The maximum absolute atomic E-state index is 13.5. The van der Waals surface area contributed by atoms with Crippen molar-refractivity contribution in [1.82, 2.24) is 4.98 Å². The van der Waals surface area contributed by atoms with Gasteiger partial charge in [-0.25, -0.2) is 9.37 Å². The molecule has 0 aliphatic heterocycles. The van der Waals surface area contributed by atoms with Crippen LogP contribution in [0.2, 0.25) is 0 Å². The van der Waals surface area contributed by atoms with E-state index < -0.39 is 10.7 Å². The Kier molecular flexibility index (Phi) is 6.24. The van der Waals surface area contributed by atoms with Gasteiger partial charge in [-0.2, -0.15) is 5.26 Å². The first-order valence-electron chi connectivity index (χ1n) is 9.68. The van der Waals surface area contributed by atoms with Crippen LogP contribution in [0.3, 0.4) is 0 Å². The maximum Gasteiger partial charge on any atom is 0.270 e. The number of non-ortho nitro benzene ring substituents is 1. The van der Waals surface area contributed by atoms with Crippen molar-refractivity contribution >= 4 is 23.7 Å². The molecule has 0 saturated carbocycles. The molecule has 0 aliphatic rings. The van der Waals surface area contributed by atoms with Gasteiger partial charge >= 0.3 is 0 Å². The summed E-state index contributed by atoms with van der Waals surface area (Å²) in [6.45, 7) is 0. The van der Waals surface area contributed by atoms with Crippen molar-refractivity contribution in [2.24, 2.45) is 0 Å². The first-order valence-corrected chi connectivity index (χ1v) is 10.5. The summed E-state index contributed by atoms with van der Waals surface area (Å²) in [7, 11) is 0. The van der Waals surface area contributed by atoms with Crippen molar-refractivity contribution in [3.63, 3.8) is 0 Å². The summed E-state index contributed by atoms with van der Waals surface area (Å²) < 4.78 is 13.5. The summed E-state index contributed by atoms with van der Waals surface area (Å²) in [6.07, 6.45) is 0.531. The summed E-state index contributed by atoms with van der Waals surface area (Å²) in [5.74, 6) is -0.398. The highest BCUT2D eigenvalue weighted by Gasteiger charge is 2.19. The lowest BCUT2D eigenvalue weighted by Crippen LogP contribution is -1.97. The summed E-state index contributed by atoms with van der Waals surface area (Å²) in [4.78, 5) is 27.2. The number of nitro groups is 1. The molecule has 0 atom stereocenters. The van der Waals surface area contributed by atoms with Crippen LogP contribution in [-0.2, 0) is 0 Å². The molecule has 0 radical (unpaired) electrons. The molecule has 33 heavy (non-hydrogen) atoms. The van der Waals surface area contributed by atoms with Crippen LogP contribution in [0, 0.1) is 27.3 Å². The molecule has 160 valence electrons. The monoisotopic (exact) mass is 455 g/mol. The van der Waals surface area contributed by atoms with Gasteiger partial charge in [-0.05, 0) is 29.8 Å². The van der Waals surface area contributed by atoms with E-state index in [4.69, 9.17) is 0 Å². The third kappa shape index (κ3) is 4.63. The molecule has 8 heteroatoms. The molecule has 0 amide bonds. The first kappa shape index (κ1) is 21.9. The van der Waals surface area contributed by atoms with Gasteiger partial charge in [0.2, 0.25) is 0 Å². The molecular formula is C25H14FN3O3S. The van der Waals surface area contributed by atoms with Crippen LogP contribution in [0.5, 0.6) is 0 Å². The van der Waals surface area contributed by atoms with Crippen molar-refractivity contribution in [2.45, 2.75) is 9.92 Å². The third-order valence-electron chi connectivity index (χ3n) is 4.86. The zero-order valence-electron chi connectivity index (χ0n) is 16.9. The fraction of sp³-hybridized carbons (Fsp3) is 0. The summed E-state index contributed by atoms with van der Waals surface area (Å²) >= 11 is 1.07. The Morgan fingerprint density at radius 3 is 2.36 bits per heavy atom. The van der Waals surface area contributed by atoms with E-state index in [0.717, 1.165) is 17.3 Å². The van der Waals surface area contributed by atoms with Gasteiger partial charge in [0, 0.05) is 33.7 Å². The first-order chi connectivity index (χ1) is 16.0. The average Bonchev–Trinajstić information content (AvgIpc) is 2.84. The highest BCUT2D eigenvalue weighted by molar-refractivity contribution is 7.99. The van der Waals surface area contributed by atoms with Crippen molar-refractivity contribution in [3.8, 4) is 28.5 Å². The number of rotatable bonds is 6. The highest BCUT2D eigenvalue weighted by atomic mass is 32.2. The van der Waals surface area contributed by atoms with Crippen LogP contribution < -0.4 is 0 Å². The minimum absolute atomic E-state index is 0.119. The Hall–Kier alpha value is -4.35. The third-order valence-corrected chi connectivity index (χ3v) is 5.94. The lowest BCUT2D eigenvalue weighted by atomic mass is 9.99. The predicted octanol–water partition coefficient (Wildman–Crippen LogP) is 6.30. The number of carbonyl (C=O) groups is 1. The van der Waals surface area contributed by atoms with Gasteiger partial charge in [0.15, 0.2) is 6.29 Å². The van der Waals surface area contributed by atoms with Crippen LogP contribution in [0.4, 0.5) is 10.1 Å². The topological polar surface area (TPSA) is 96.9 Å². The minimum atomic E-state index is -0.580. The number of nitro benzene ring substituents is 1. The van der Waals surface area contributed by atoms with Crippen LogP contribution in [0.25, 0.3) is 22.4 Å². The molecule has 0 bridgehead atoms. The van der Waals surface area contributed by atoms with E-state index in [2.05, 4.69) is 11.1 Å². The number of aromatic nitrogens is 1. The number of carbonyl (C=O) groups excluding carboxylic acids is 1. The van der Waals surface area contributed by atoms with Gasteiger partial charge in [0.25, 0.3) is 5.69 Å². The van der Waals surface area contributed by atoms with E-state index >= 15 is 0 Å². The Morgan fingerprint density at radius 1 is 1.00 bits per heavy atom. The largest absolute Gasteiger partial charge is 0.298 e. The Morgan fingerprint density at radius 2 is 1.73 bits per heavy atom. The summed E-state index contributed by atoms with van der Waals surface area (Å²) in [5.41, 5.74) is 2.75. The second-order valence-electron chi connectivity index (χ2n) is 6.92. The molecule has 0 N–H and O–H groups in total. The average molecular weight is 455 g/mol. The number of nitriles is 1. The lowest BCUT2D eigenvalue weighted by molar-refractivity contribution is -0.384. The van der Waals surface area contributed by atoms with E-state index in [0.29, 0.717) is 33.0 Å². The van der Waals surface area contributed by atoms with Crippen molar-refractivity contribution < 1.29 is 14.1 Å². The number of hydrogen-bond donors (Lipinski definition) is 0. The molecule has 3 aromatic carbocycles. The molecule has 4 aromatic rings. The number of halogens is 1. The zero-order chi connectivity index (χ0) is 23.4. The fourth-order valence-electron chi connectivity index (χ4n) is 3.26. The number of benzene rings is 3. The number of hydrogen-bond acceptors (Lipinski definition) is 6. The molecule has 1 aromatic heterocycles. The Labute approximate surface area is 192 Å². The fourth-order valence-corrected chi connectivity index (χ4v) is 4.23. The van der Waals surface area contributed by atoms with Gasteiger partial charge in [-0.3, -0.25) is 14.9 Å². The second kappa shape index (κ2) is 9.42. The molecular weight excluding hydrogens is 441 g/mol. The molecule has 0 aliphatic carbocycles. The van der Waals surface area contributed by atoms with E-state index in [-0.39, 0.29) is 16.8 Å². The number of pyridine rings is 1. The van der Waals surface area contributed by atoms with E-state index in [1.807, 2.05) is 30.3 Å². The Bertz CT molecular complexity index is 1400. The minimum Gasteiger partial charge on any atom is -0.298 e. The molecule has 6 nitrogen and oxygen atoms in total. The van der Waals surface area contributed by atoms with E-state index in [1.54, 1.807) is 18.2 Å². The SMILES string of the molecule is N#Cc1c(-c2ccc(F)cc2)cc(-c2ccccc2)nc1Sc1ccc([N+](=O)[O-])cc1C=O. The second-order valence-corrected chi connectivity index (χ2v) is 7.95. The summed E-state index contributed by atoms with van der Waals surface area (Å²) in [6, 6.07) is 23.0. The normalized spacial score (nSPS) is 10.4. The van der Waals surface area contributed by atoms with Gasteiger partial charge in [0.1, 0.15) is 16.9 Å². The zero-order valence-corrected chi connectivity index (χ0v) is 17.8. The molecule has 0 fully saturated rings. The highest BCUT2D eigenvalue weighted by Crippen LogP contribution is 2.38. The van der Waals surface area contributed by atoms with Crippen molar-refractivity contribution in [2.75, 3.05) is 0 Å². The molecule has 0 saturated heterocycles. The summed E-state index contributed by atoms with van der Waals surface area (Å²) in [5, 5.41) is 21.4. The smallest absolute Gasteiger partial charge is 0.270 e. The molecule has 0 spiro atoms. The van der Waals surface area contributed by atoms with E-state index in [1.165, 1.54) is 30.3 Å². The molecule has 1 heterocycles. The van der Waals surface area contributed by atoms with E-state index in [9.17, 15) is 24.6 Å². The van der Waals surface area contributed by atoms with Crippen LogP contribution in [-0.4, -0.2) is 16.2 Å². The number of nitrogens with zero attached hydrogens (tertiary/aromatic N) is 3. The van der Waals surface area contributed by atoms with Crippen LogP contribution in [0.15, 0.2) is 88.8 Å². The van der Waals surface area contributed by atoms with Gasteiger partial charge in [-0.15, -0.1) is 0 Å². The maximum atomic E-state index is 13.5. The van der Waals surface area contributed by atoms with Crippen LogP contribution >= 0.6 is 11.8 Å². The number of aldehydes is 1. The van der Waals surface area contributed by atoms with Gasteiger partial charge in [0.05, 0.1) is 16.2 Å².